The van der Waals surface area contributed by atoms with Crippen LogP contribution in [0, 0.1) is 0 Å². The summed E-state index contributed by atoms with van der Waals surface area (Å²) in [4.78, 5) is 11.2. The molecule has 0 saturated heterocycles. The molecule has 3 nitrogen and oxygen atoms in total. The molecule has 0 aromatic carbocycles. The fourth-order valence-corrected chi connectivity index (χ4v) is 1.04. The Morgan fingerprint density at radius 2 is 2.50 bits per heavy atom. The van der Waals surface area contributed by atoms with Crippen LogP contribution in [0.3, 0.4) is 0 Å². The number of nitrogens with two attached hydrogens (primary N) is 1. The number of hydrogen-bond acceptors (Lipinski definition) is 3. The molecule has 3 heteroatoms. The predicted octanol–water partition coefficient (Wildman–Crippen LogP) is 1.13. The fourth-order valence-electron chi connectivity index (χ4n) is 1.04. The van der Waals surface area contributed by atoms with Gasteiger partial charge >= 0.3 is 0 Å². The monoisotopic (exact) mass is 167 g/mol. The van der Waals surface area contributed by atoms with Crippen LogP contribution in [-0.2, 0) is 11.2 Å². The number of Topliss-reactive ketones (excluding diaryl/α,β-unsaturated/α-hetero) is 1. The molecular weight excluding hydrogens is 154 g/mol. The first kappa shape index (κ1) is 9.00. The molecule has 0 aliphatic carbocycles. The number of furan rings is 1. The van der Waals surface area contributed by atoms with Crippen molar-refractivity contribution in [3.63, 3.8) is 0 Å². The highest BCUT2D eigenvalue weighted by Crippen LogP contribution is 2.03. The van der Waals surface area contributed by atoms with Crippen molar-refractivity contribution in [1.29, 1.82) is 0 Å². The third-order valence-electron chi connectivity index (χ3n) is 1.50. The molecule has 0 amide bonds. The van der Waals surface area contributed by atoms with E-state index in [2.05, 4.69) is 0 Å². The smallest absolute Gasteiger partial charge is 0.141 e. The largest absolute Gasteiger partial charge is 0.469 e. The molecule has 2 N–H and O–H groups in total. The highest BCUT2D eigenvalue weighted by atomic mass is 16.3. The summed E-state index contributed by atoms with van der Waals surface area (Å²) in [6, 6.07) is 3.50. The number of carbonyl (C=O) groups is 1. The molecule has 1 unspecified atom stereocenters. The molecule has 1 atom stereocenters. The minimum Gasteiger partial charge on any atom is -0.469 e. The summed E-state index contributed by atoms with van der Waals surface area (Å²) < 4.78 is 5.02. The summed E-state index contributed by atoms with van der Waals surface area (Å²) in [5.74, 6) is 0.834. The van der Waals surface area contributed by atoms with Gasteiger partial charge in [-0.1, -0.05) is 0 Å². The normalized spacial score (nSPS) is 12.8. The molecule has 0 spiro atoms. The summed E-state index contributed by atoms with van der Waals surface area (Å²) in [7, 11) is 0. The quantitative estimate of drug-likeness (QED) is 0.731. The SMILES string of the molecule is CC(N)CC(=O)Cc1ccco1. The van der Waals surface area contributed by atoms with E-state index >= 15 is 0 Å². The van der Waals surface area contributed by atoms with Crippen molar-refractivity contribution in [3.05, 3.63) is 24.2 Å². The molecule has 0 aliphatic rings. The van der Waals surface area contributed by atoms with E-state index in [0.29, 0.717) is 18.6 Å². The van der Waals surface area contributed by atoms with E-state index in [-0.39, 0.29) is 11.8 Å². The van der Waals surface area contributed by atoms with E-state index in [4.69, 9.17) is 10.2 Å². The average molecular weight is 167 g/mol. The van der Waals surface area contributed by atoms with Gasteiger partial charge in [0, 0.05) is 12.5 Å². The molecule has 0 radical (unpaired) electrons. The van der Waals surface area contributed by atoms with Crippen LogP contribution in [0.15, 0.2) is 22.8 Å². The van der Waals surface area contributed by atoms with Crippen molar-refractivity contribution >= 4 is 5.78 Å². The van der Waals surface area contributed by atoms with Crippen molar-refractivity contribution in [2.45, 2.75) is 25.8 Å². The number of rotatable bonds is 4. The third kappa shape index (κ3) is 2.88. The van der Waals surface area contributed by atoms with Gasteiger partial charge in [-0.05, 0) is 19.1 Å². The lowest BCUT2D eigenvalue weighted by Crippen LogP contribution is -2.20. The molecule has 1 heterocycles. The lowest BCUT2D eigenvalue weighted by molar-refractivity contribution is -0.118. The molecular formula is C9H13NO2. The Labute approximate surface area is 71.6 Å². The maximum absolute atomic E-state index is 11.2. The predicted molar refractivity (Wildman–Crippen MR) is 45.7 cm³/mol. The van der Waals surface area contributed by atoms with Crippen LogP contribution in [0.25, 0.3) is 0 Å². The van der Waals surface area contributed by atoms with E-state index in [0.717, 1.165) is 0 Å². The molecule has 0 bridgehead atoms. The Kier molecular flexibility index (Phi) is 3.05. The minimum absolute atomic E-state index is 0.0625. The molecule has 0 saturated carbocycles. The molecule has 66 valence electrons. The third-order valence-corrected chi connectivity index (χ3v) is 1.50. The minimum atomic E-state index is -0.0625. The van der Waals surface area contributed by atoms with E-state index in [9.17, 15) is 4.79 Å². The highest BCUT2D eigenvalue weighted by Gasteiger charge is 2.07. The zero-order valence-electron chi connectivity index (χ0n) is 7.12. The number of ketones is 1. The highest BCUT2D eigenvalue weighted by molar-refractivity contribution is 5.80. The van der Waals surface area contributed by atoms with Gasteiger partial charge in [-0.2, -0.15) is 0 Å². The standard InChI is InChI=1S/C9H13NO2/c1-7(10)5-8(11)6-9-3-2-4-12-9/h2-4,7H,5-6,10H2,1H3. The zero-order chi connectivity index (χ0) is 8.97. The van der Waals surface area contributed by atoms with Gasteiger partial charge in [-0.25, -0.2) is 0 Å². The van der Waals surface area contributed by atoms with Gasteiger partial charge in [-0.3, -0.25) is 4.79 Å². The van der Waals surface area contributed by atoms with E-state index < -0.39 is 0 Å². The van der Waals surface area contributed by atoms with Crippen molar-refractivity contribution in [3.8, 4) is 0 Å². The van der Waals surface area contributed by atoms with Crippen LogP contribution in [0.4, 0.5) is 0 Å². The zero-order valence-corrected chi connectivity index (χ0v) is 7.12. The second kappa shape index (κ2) is 4.07. The van der Waals surface area contributed by atoms with Gasteiger partial charge in [0.05, 0.1) is 12.7 Å². The van der Waals surface area contributed by atoms with Crippen LogP contribution in [0.1, 0.15) is 19.1 Å². The van der Waals surface area contributed by atoms with E-state index in [1.165, 1.54) is 0 Å². The second-order valence-electron chi connectivity index (χ2n) is 2.98. The average Bonchev–Trinajstić information content (AvgIpc) is 2.37. The number of hydrogen-bond donors (Lipinski definition) is 1. The van der Waals surface area contributed by atoms with Crippen molar-refractivity contribution in [2.75, 3.05) is 0 Å². The van der Waals surface area contributed by atoms with E-state index in [1.54, 1.807) is 18.4 Å². The first-order valence-corrected chi connectivity index (χ1v) is 3.98. The number of carbonyl (C=O) groups excluding carboxylic acids is 1. The summed E-state index contributed by atoms with van der Waals surface area (Å²) >= 11 is 0. The lowest BCUT2D eigenvalue weighted by Gasteiger charge is -2.01. The fraction of sp³-hybridized carbons (Fsp3) is 0.444. The van der Waals surface area contributed by atoms with Crippen molar-refractivity contribution in [1.82, 2.24) is 0 Å². The van der Waals surface area contributed by atoms with Crippen molar-refractivity contribution < 1.29 is 9.21 Å². The van der Waals surface area contributed by atoms with Gasteiger partial charge in [0.15, 0.2) is 0 Å². The van der Waals surface area contributed by atoms with Crippen LogP contribution in [-0.4, -0.2) is 11.8 Å². The summed E-state index contributed by atoms with van der Waals surface area (Å²) in [5, 5.41) is 0. The van der Waals surface area contributed by atoms with Crippen LogP contribution >= 0.6 is 0 Å². The maximum atomic E-state index is 11.2. The summed E-state index contributed by atoms with van der Waals surface area (Å²) in [6.45, 7) is 1.82. The molecule has 1 aromatic heterocycles. The Bertz CT molecular complexity index is 239. The van der Waals surface area contributed by atoms with E-state index in [1.807, 2.05) is 6.92 Å². The Morgan fingerprint density at radius 3 is 3.00 bits per heavy atom. The van der Waals surface area contributed by atoms with Crippen LogP contribution in [0.2, 0.25) is 0 Å². The van der Waals surface area contributed by atoms with Gasteiger partial charge in [0.2, 0.25) is 0 Å². The first-order valence-electron chi connectivity index (χ1n) is 3.98. The second-order valence-corrected chi connectivity index (χ2v) is 2.98. The topological polar surface area (TPSA) is 56.2 Å². The van der Waals surface area contributed by atoms with Gasteiger partial charge in [0.25, 0.3) is 0 Å². The first-order chi connectivity index (χ1) is 5.68. The van der Waals surface area contributed by atoms with Gasteiger partial charge in [0.1, 0.15) is 11.5 Å². The van der Waals surface area contributed by atoms with Crippen molar-refractivity contribution in [2.24, 2.45) is 5.73 Å². The molecule has 1 rings (SSSR count). The Balaban J connectivity index is 2.37. The Morgan fingerprint density at radius 1 is 1.75 bits per heavy atom. The van der Waals surface area contributed by atoms with Crippen LogP contribution in [0.5, 0.6) is 0 Å². The van der Waals surface area contributed by atoms with Gasteiger partial charge < -0.3 is 10.2 Å². The van der Waals surface area contributed by atoms with Crippen LogP contribution < -0.4 is 5.73 Å². The molecule has 1 aromatic rings. The molecule has 0 fully saturated rings. The van der Waals surface area contributed by atoms with Gasteiger partial charge in [-0.15, -0.1) is 0 Å². The molecule has 12 heavy (non-hydrogen) atoms. The lowest BCUT2D eigenvalue weighted by atomic mass is 10.1. The summed E-state index contributed by atoms with van der Waals surface area (Å²) in [6.07, 6.45) is 2.34. The summed E-state index contributed by atoms with van der Waals surface area (Å²) in [5.41, 5.74) is 5.47. The Hall–Kier alpha value is -1.09. The molecule has 0 aliphatic heterocycles. The maximum Gasteiger partial charge on any atom is 0.141 e.